The second kappa shape index (κ2) is 6.10. The van der Waals surface area contributed by atoms with E-state index in [2.05, 4.69) is 15.3 Å². The normalized spacial score (nSPS) is 21.4. The fourth-order valence-corrected chi connectivity index (χ4v) is 2.76. The van der Waals surface area contributed by atoms with Gasteiger partial charge in [0.05, 0.1) is 6.10 Å². The van der Waals surface area contributed by atoms with Crippen LogP contribution in [0.3, 0.4) is 0 Å². The first-order valence-corrected chi connectivity index (χ1v) is 7.32. The van der Waals surface area contributed by atoms with Crippen LogP contribution < -0.4 is 11.1 Å². The first kappa shape index (κ1) is 13.8. The van der Waals surface area contributed by atoms with Crippen molar-refractivity contribution in [1.82, 2.24) is 9.97 Å². The summed E-state index contributed by atoms with van der Waals surface area (Å²) < 4.78 is 0. The Hall–Kier alpha value is -2.14. The van der Waals surface area contributed by atoms with Crippen LogP contribution in [0.25, 0.3) is 11.4 Å². The lowest BCUT2D eigenvalue weighted by atomic mass is 10.1. The third-order valence-corrected chi connectivity index (χ3v) is 3.86. The van der Waals surface area contributed by atoms with Crippen LogP contribution in [-0.2, 0) is 0 Å². The Balaban J connectivity index is 1.72. The van der Waals surface area contributed by atoms with Crippen LogP contribution in [0.1, 0.15) is 19.3 Å². The molecule has 5 heteroatoms. The van der Waals surface area contributed by atoms with Gasteiger partial charge < -0.3 is 16.2 Å². The summed E-state index contributed by atoms with van der Waals surface area (Å²) in [6.07, 6.45) is 2.67. The molecule has 2 unspecified atom stereocenters. The monoisotopic (exact) mass is 284 g/mol. The first-order chi connectivity index (χ1) is 10.2. The maximum Gasteiger partial charge on any atom is 0.163 e. The van der Waals surface area contributed by atoms with Gasteiger partial charge in [0.2, 0.25) is 0 Å². The Bertz CT molecular complexity index is 602. The van der Waals surface area contributed by atoms with Gasteiger partial charge in [0.25, 0.3) is 0 Å². The fraction of sp³-hybridized carbons (Fsp3) is 0.375. The van der Waals surface area contributed by atoms with Crippen molar-refractivity contribution in [3.8, 4) is 11.4 Å². The van der Waals surface area contributed by atoms with Crippen molar-refractivity contribution >= 4 is 11.6 Å². The average Bonchev–Trinajstić information content (AvgIpc) is 2.91. The lowest BCUT2D eigenvalue weighted by Gasteiger charge is -2.12. The lowest BCUT2D eigenvalue weighted by Crippen LogP contribution is -2.14. The topological polar surface area (TPSA) is 84.1 Å². The molecule has 2 atom stereocenters. The predicted molar refractivity (Wildman–Crippen MR) is 83.7 cm³/mol. The highest BCUT2D eigenvalue weighted by atomic mass is 16.3. The van der Waals surface area contributed by atoms with E-state index in [1.807, 2.05) is 30.3 Å². The van der Waals surface area contributed by atoms with Crippen molar-refractivity contribution in [3.05, 3.63) is 36.4 Å². The van der Waals surface area contributed by atoms with Crippen LogP contribution in [0.5, 0.6) is 0 Å². The molecular weight excluding hydrogens is 264 g/mol. The molecule has 0 aliphatic heterocycles. The maximum atomic E-state index is 9.56. The number of nitrogens with zero attached hydrogens (tertiary/aromatic N) is 2. The van der Waals surface area contributed by atoms with Crippen LogP contribution in [0.2, 0.25) is 0 Å². The summed E-state index contributed by atoms with van der Waals surface area (Å²) in [5.74, 6) is 2.32. The minimum atomic E-state index is -0.146. The summed E-state index contributed by atoms with van der Waals surface area (Å²) in [6.45, 7) is 0.807. The molecule has 5 nitrogen and oxygen atoms in total. The fourth-order valence-electron chi connectivity index (χ4n) is 2.76. The SMILES string of the molecule is Nc1cc(NCC2CCC(O)C2)nc(-c2ccccc2)n1. The van der Waals surface area contributed by atoms with Crippen molar-refractivity contribution in [2.24, 2.45) is 5.92 Å². The molecule has 4 N–H and O–H groups in total. The van der Waals surface area contributed by atoms with Crippen LogP contribution >= 0.6 is 0 Å². The highest BCUT2D eigenvalue weighted by molar-refractivity contribution is 5.60. The molecule has 1 aromatic heterocycles. The first-order valence-electron chi connectivity index (χ1n) is 7.32. The van der Waals surface area contributed by atoms with Crippen LogP contribution in [0, 0.1) is 5.92 Å². The van der Waals surface area contributed by atoms with Gasteiger partial charge in [-0.2, -0.15) is 0 Å². The Morgan fingerprint density at radius 3 is 2.71 bits per heavy atom. The Kier molecular flexibility index (Phi) is 4.01. The van der Waals surface area contributed by atoms with Gasteiger partial charge in [-0.1, -0.05) is 30.3 Å². The molecule has 1 aromatic carbocycles. The number of aliphatic hydroxyl groups is 1. The zero-order valence-electron chi connectivity index (χ0n) is 11.9. The number of nitrogen functional groups attached to an aromatic ring is 1. The predicted octanol–water partition coefficient (Wildman–Crippen LogP) is 2.30. The number of nitrogens with two attached hydrogens (primary N) is 1. The van der Waals surface area contributed by atoms with E-state index < -0.39 is 0 Å². The van der Waals surface area contributed by atoms with Crippen molar-refractivity contribution in [3.63, 3.8) is 0 Å². The Labute approximate surface area is 124 Å². The van der Waals surface area contributed by atoms with Gasteiger partial charge in [0.15, 0.2) is 5.82 Å². The smallest absolute Gasteiger partial charge is 0.163 e. The molecule has 1 saturated carbocycles. The van der Waals surface area contributed by atoms with Crippen molar-refractivity contribution in [2.75, 3.05) is 17.6 Å². The number of aliphatic hydroxyl groups excluding tert-OH is 1. The van der Waals surface area contributed by atoms with E-state index in [9.17, 15) is 5.11 Å². The molecule has 0 saturated heterocycles. The summed E-state index contributed by atoms with van der Waals surface area (Å²) in [5, 5.41) is 12.9. The van der Waals surface area contributed by atoms with Gasteiger partial charge in [0, 0.05) is 18.2 Å². The number of anilines is 2. The van der Waals surface area contributed by atoms with Gasteiger partial charge in [-0.25, -0.2) is 9.97 Å². The zero-order chi connectivity index (χ0) is 14.7. The van der Waals surface area contributed by atoms with E-state index >= 15 is 0 Å². The molecule has 0 amide bonds. The van der Waals surface area contributed by atoms with Crippen LogP contribution in [-0.4, -0.2) is 27.7 Å². The number of hydrogen-bond donors (Lipinski definition) is 3. The van der Waals surface area contributed by atoms with E-state index in [-0.39, 0.29) is 6.10 Å². The number of benzene rings is 1. The standard InChI is InChI=1S/C16H20N4O/c17-14-9-15(18-10-11-6-7-13(21)8-11)20-16(19-14)12-4-2-1-3-5-12/h1-5,9,11,13,21H,6-8,10H2,(H3,17,18,19,20). The van der Waals surface area contributed by atoms with Gasteiger partial charge in [0.1, 0.15) is 11.6 Å². The molecule has 0 spiro atoms. The van der Waals surface area contributed by atoms with E-state index in [0.29, 0.717) is 17.6 Å². The molecule has 0 bridgehead atoms. The largest absolute Gasteiger partial charge is 0.393 e. The number of aromatic nitrogens is 2. The summed E-state index contributed by atoms with van der Waals surface area (Å²) in [4.78, 5) is 8.80. The van der Waals surface area contributed by atoms with Crippen molar-refractivity contribution < 1.29 is 5.11 Å². The summed E-state index contributed by atoms with van der Waals surface area (Å²) in [6, 6.07) is 11.5. The lowest BCUT2D eigenvalue weighted by molar-refractivity contribution is 0.178. The van der Waals surface area contributed by atoms with Crippen LogP contribution in [0.15, 0.2) is 36.4 Å². The zero-order valence-corrected chi connectivity index (χ0v) is 11.9. The van der Waals surface area contributed by atoms with Gasteiger partial charge >= 0.3 is 0 Å². The van der Waals surface area contributed by atoms with E-state index in [4.69, 9.17) is 5.73 Å². The van der Waals surface area contributed by atoms with E-state index in [1.54, 1.807) is 6.07 Å². The molecule has 21 heavy (non-hydrogen) atoms. The van der Waals surface area contributed by atoms with Crippen molar-refractivity contribution in [1.29, 1.82) is 0 Å². The summed E-state index contributed by atoms with van der Waals surface area (Å²) in [5.41, 5.74) is 6.82. The highest BCUT2D eigenvalue weighted by Gasteiger charge is 2.22. The number of nitrogens with one attached hydrogen (secondary N) is 1. The molecule has 1 fully saturated rings. The van der Waals surface area contributed by atoms with Gasteiger partial charge in [-0.15, -0.1) is 0 Å². The minimum Gasteiger partial charge on any atom is -0.393 e. The maximum absolute atomic E-state index is 9.56. The van der Waals surface area contributed by atoms with Gasteiger partial charge in [-0.05, 0) is 25.2 Å². The highest BCUT2D eigenvalue weighted by Crippen LogP contribution is 2.26. The average molecular weight is 284 g/mol. The second-order valence-corrected chi connectivity index (χ2v) is 5.58. The molecule has 2 aromatic rings. The molecule has 3 rings (SSSR count). The third-order valence-electron chi connectivity index (χ3n) is 3.86. The second-order valence-electron chi connectivity index (χ2n) is 5.58. The Morgan fingerprint density at radius 1 is 1.19 bits per heavy atom. The quantitative estimate of drug-likeness (QED) is 0.802. The minimum absolute atomic E-state index is 0.146. The molecule has 1 aliphatic rings. The van der Waals surface area contributed by atoms with Crippen LogP contribution in [0.4, 0.5) is 11.6 Å². The number of hydrogen-bond acceptors (Lipinski definition) is 5. The van der Waals surface area contributed by atoms with E-state index in [1.165, 1.54) is 0 Å². The molecule has 1 heterocycles. The van der Waals surface area contributed by atoms with Crippen molar-refractivity contribution in [2.45, 2.75) is 25.4 Å². The third kappa shape index (κ3) is 3.49. The van der Waals surface area contributed by atoms with E-state index in [0.717, 1.165) is 37.2 Å². The molecular formula is C16H20N4O. The molecule has 1 aliphatic carbocycles. The molecule has 0 radical (unpaired) electrons. The summed E-state index contributed by atoms with van der Waals surface area (Å²) in [7, 11) is 0. The summed E-state index contributed by atoms with van der Waals surface area (Å²) >= 11 is 0. The number of rotatable bonds is 4. The molecule has 110 valence electrons. The Morgan fingerprint density at radius 2 is 2.00 bits per heavy atom. The van der Waals surface area contributed by atoms with Gasteiger partial charge in [-0.3, -0.25) is 0 Å².